The van der Waals surface area contributed by atoms with Gasteiger partial charge >= 0.3 is 5.97 Å². The number of aromatic carboxylic acids is 1. The highest BCUT2D eigenvalue weighted by molar-refractivity contribution is 7.09. The number of rotatable bonds is 4. The minimum atomic E-state index is -1.08. The minimum absolute atomic E-state index is 0.0211. The lowest BCUT2D eigenvalue weighted by atomic mass is 10.4. The van der Waals surface area contributed by atoms with Gasteiger partial charge in [0.15, 0.2) is 5.69 Å². The molecule has 2 heterocycles. The van der Waals surface area contributed by atoms with Crippen molar-refractivity contribution in [1.82, 2.24) is 15.3 Å². The van der Waals surface area contributed by atoms with Crippen LogP contribution >= 0.6 is 22.9 Å². The van der Waals surface area contributed by atoms with Gasteiger partial charge in [-0.2, -0.15) is 0 Å². The first-order chi connectivity index (χ1) is 8.56. The Morgan fingerprint density at radius 1 is 1.56 bits per heavy atom. The fraction of sp³-hybridized carbons (Fsp3) is 0.100. The van der Waals surface area contributed by atoms with Crippen molar-refractivity contribution in [3.63, 3.8) is 0 Å². The van der Waals surface area contributed by atoms with Crippen LogP contribution in [0.4, 0.5) is 0 Å². The summed E-state index contributed by atoms with van der Waals surface area (Å²) in [7, 11) is 0. The number of thiazole rings is 1. The summed E-state index contributed by atoms with van der Waals surface area (Å²) in [5.41, 5.74) is 0.321. The molecule has 0 saturated carbocycles. The summed E-state index contributed by atoms with van der Waals surface area (Å²) in [5.74, 6) is -1.41. The summed E-state index contributed by atoms with van der Waals surface area (Å²) >= 11 is 6.85. The van der Waals surface area contributed by atoms with Crippen molar-refractivity contribution in [2.24, 2.45) is 0 Å². The van der Waals surface area contributed by atoms with E-state index in [1.54, 1.807) is 0 Å². The molecule has 0 atom stereocenters. The van der Waals surface area contributed by atoms with E-state index >= 15 is 0 Å². The van der Waals surface area contributed by atoms with Crippen LogP contribution in [0.1, 0.15) is 26.0 Å². The molecule has 2 aromatic rings. The quantitative estimate of drug-likeness (QED) is 0.797. The molecule has 0 fully saturated rings. The van der Waals surface area contributed by atoms with Crippen molar-refractivity contribution in [2.45, 2.75) is 6.54 Å². The highest BCUT2D eigenvalue weighted by Crippen LogP contribution is 2.11. The third-order valence-corrected chi connectivity index (χ3v) is 3.13. The largest absolute Gasteiger partial charge is 0.476 e. The van der Waals surface area contributed by atoms with Gasteiger partial charge in [0.25, 0.3) is 5.91 Å². The number of aromatic amines is 1. The summed E-state index contributed by atoms with van der Waals surface area (Å²) < 4.78 is 0. The molecule has 0 saturated heterocycles. The Balaban J connectivity index is 1.95. The van der Waals surface area contributed by atoms with Gasteiger partial charge in [0.2, 0.25) is 0 Å². The predicted molar refractivity (Wildman–Crippen MR) is 66.0 cm³/mol. The van der Waals surface area contributed by atoms with Crippen molar-refractivity contribution in [1.29, 1.82) is 0 Å². The first kappa shape index (κ1) is 12.6. The van der Waals surface area contributed by atoms with E-state index in [1.807, 2.05) is 0 Å². The molecule has 18 heavy (non-hydrogen) atoms. The van der Waals surface area contributed by atoms with E-state index in [2.05, 4.69) is 15.3 Å². The zero-order chi connectivity index (χ0) is 13.1. The number of carboxylic acid groups (broad SMARTS) is 1. The minimum Gasteiger partial charge on any atom is -0.476 e. The Labute approximate surface area is 111 Å². The molecule has 0 unspecified atom stereocenters. The van der Waals surface area contributed by atoms with Crippen molar-refractivity contribution in [3.8, 4) is 0 Å². The number of nitrogens with one attached hydrogen (secondary N) is 2. The van der Waals surface area contributed by atoms with Gasteiger partial charge in [-0.05, 0) is 6.07 Å². The van der Waals surface area contributed by atoms with Crippen LogP contribution in [0.3, 0.4) is 0 Å². The molecule has 1 amide bonds. The Morgan fingerprint density at radius 2 is 2.33 bits per heavy atom. The van der Waals surface area contributed by atoms with Gasteiger partial charge in [-0.15, -0.1) is 11.3 Å². The van der Waals surface area contributed by atoms with E-state index in [-0.39, 0.29) is 18.1 Å². The number of nitrogens with zero attached hydrogens (tertiary/aromatic N) is 1. The SMILES string of the molecule is O=C(O)c1csc(CNC(=O)c2cc(Cl)c[nH]2)n1. The van der Waals surface area contributed by atoms with Crippen LogP contribution in [0.15, 0.2) is 17.6 Å². The van der Waals surface area contributed by atoms with Gasteiger partial charge in [0, 0.05) is 11.6 Å². The number of hydrogen-bond acceptors (Lipinski definition) is 4. The third kappa shape index (κ3) is 2.88. The summed E-state index contributed by atoms with van der Waals surface area (Å²) in [6, 6.07) is 1.50. The zero-order valence-electron chi connectivity index (χ0n) is 8.94. The Hall–Kier alpha value is -1.86. The summed E-state index contributed by atoms with van der Waals surface area (Å²) in [4.78, 5) is 28.8. The standard InChI is InChI=1S/C10H8ClN3O3S/c11-5-1-6(12-2-5)9(15)13-3-8-14-7(4-18-8)10(16)17/h1-2,4,12H,3H2,(H,13,15)(H,16,17). The molecule has 0 radical (unpaired) electrons. The predicted octanol–water partition coefficient (Wildman–Crippen LogP) is 1.75. The van der Waals surface area contributed by atoms with Gasteiger partial charge in [0.05, 0.1) is 11.6 Å². The third-order valence-electron chi connectivity index (χ3n) is 2.06. The topological polar surface area (TPSA) is 95.1 Å². The summed E-state index contributed by atoms with van der Waals surface area (Å²) in [5, 5.41) is 13.7. The molecule has 6 nitrogen and oxygen atoms in total. The monoisotopic (exact) mass is 285 g/mol. The van der Waals surface area contributed by atoms with E-state index in [1.165, 1.54) is 29.0 Å². The average Bonchev–Trinajstić information content (AvgIpc) is 2.94. The van der Waals surface area contributed by atoms with E-state index in [0.29, 0.717) is 15.7 Å². The average molecular weight is 286 g/mol. The van der Waals surface area contributed by atoms with Crippen LogP contribution in [0.25, 0.3) is 0 Å². The van der Waals surface area contributed by atoms with Crippen LogP contribution in [-0.2, 0) is 6.54 Å². The van der Waals surface area contributed by atoms with Gasteiger partial charge in [0.1, 0.15) is 10.7 Å². The van der Waals surface area contributed by atoms with Gasteiger partial charge in [-0.25, -0.2) is 9.78 Å². The molecule has 0 aliphatic rings. The lowest BCUT2D eigenvalue weighted by Gasteiger charge is -2.00. The first-order valence-electron chi connectivity index (χ1n) is 4.86. The van der Waals surface area contributed by atoms with E-state index in [9.17, 15) is 9.59 Å². The maximum atomic E-state index is 11.6. The normalized spacial score (nSPS) is 10.3. The molecule has 8 heteroatoms. The number of carbonyl (C=O) groups is 2. The fourth-order valence-corrected chi connectivity index (χ4v) is 2.11. The first-order valence-corrected chi connectivity index (χ1v) is 6.12. The zero-order valence-corrected chi connectivity index (χ0v) is 10.5. The van der Waals surface area contributed by atoms with Gasteiger partial charge in [-0.1, -0.05) is 11.6 Å². The number of aromatic nitrogens is 2. The molecule has 0 aliphatic carbocycles. The second-order valence-electron chi connectivity index (χ2n) is 3.35. The Morgan fingerprint density at radius 3 is 2.89 bits per heavy atom. The van der Waals surface area contributed by atoms with Crippen molar-refractivity contribution < 1.29 is 14.7 Å². The lowest BCUT2D eigenvalue weighted by Crippen LogP contribution is -2.23. The number of halogens is 1. The molecule has 0 aliphatic heterocycles. The number of H-pyrrole nitrogens is 1. The maximum Gasteiger partial charge on any atom is 0.355 e. The molecule has 0 aromatic carbocycles. The molecule has 94 valence electrons. The highest BCUT2D eigenvalue weighted by Gasteiger charge is 2.11. The fourth-order valence-electron chi connectivity index (χ4n) is 1.24. The molecule has 2 aromatic heterocycles. The second kappa shape index (κ2) is 5.19. The van der Waals surface area contributed by atoms with Crippen LogP contribution in [0, 0.1) is 0 Å². The smallest absolute Gasteiger partial charge is 0.355 e. The Kier molecular flexibility index (Phi) is 3.63. The van der Waals surface area contributed by atoms with Crippen LogP contribution in [0.5, 0.6) is 0 Å². The molecule has 2 rings (SSSR count). The molecule has 0 spiro atoms. The Bertz CT molecular complexity index is 593. The molecule has 3 N–H and O–H groups in total. The summed E-state index contributed by atoms with van der Waals surface area (Å²) in [6.07, 6.45) is 1.50. The van der Waals surface area contributed by atoms with E-state index in [0.717, 1.165) is 0 Å². The van der Waals surface area contributed by atoms with Crippen molar-refractivity contribution >= 4 is 34.8 Å². The summed E-state index contributed by atoms with van der Waals surface area (Å²) in [6.45, 7) is 0.174. The second-order valence-corrected chi connectivity index (χ2v) is 4.72. The van der Waals surface area contributed by atoms with Crippen molar-refractivity contribution in [3.05, 3.63) is 39.1 Å². The maximum absolute atomic E-state index is 11.6. The van der Waals surface area contributed by atoms with E-state index in [4.69, 9.17) is 16.7 Å². The van der Waals surface area contributed by atoms with Crippen LogP contribution in [-0.4, -0.2) is 27.0 Å². The van der Waals surface area contributed by atoms with Gasteiger partial charge in [-0.3, -0.25) is 4.79 Å². The molecular weight excluding hydrogens is 278 g/mol. The van der Waals surface area contributed by atoms with Crippen LogP contribution < -0.4 is 5.32 Å². The lowest BCUT2D eigenvalue weighted by molar-refractivity contribution is 0.0691. The number of carbonyl (C=O) groups excluding carboxylic acids is 1. The number of carboxylic acids is 1. The van der Waals surface area contributed by atoms with Crippen molar-refractivity contribution in [2.75, 3.05) is 0 Å². The van der Waals surface area contributed by atoms with E-state index < -0.39 is 5.97 Å². The van der Waals surface area contributed by atoms with Gasteiger partial charge < -0.3 is 15.4 Å². The number of amides is 1. The van der Waals surface area contributed by atoms with Crippen LogP contribution in [0.2, 0.25) is 5.02 Å². The number of hydrogen-bond donors (Lipinski definition) is 3. The molecular formula is C10H8ClN3O3S. The molecule has 0 bridgehead atoms. The highest BCUT2D eigenvalue weighted by atomic mass is 35.5.